The van der Waals surface area contributed by atoms with Crippen LogP contribution in [0.25, 0.3) is 0 Å². The van der Waals surface area contributed by atoms with E-state index in [4.69, 9.17) is 11.5 Å². The van der Waals surface area contributed by atoms with Crippen molar-refractivity contribution in [2.45, 2.75) is 13.0 Å². The number of rotatable bonds is 5. The van der Waals surface area contributed by atoms with Crippen LogP contribution in [0.2, 0.25) is 0 Å². The van der Waals surface area contributed by atoms with Crippen LogP contribution in [-0.4, -0.2) is 24.0 Å². The van der Waals surface area contributed by atoms with Crippen molar-refractivity contribution < 1.29 is 9.18 Å². The molecule has 0 atom stereocenters. The Morgan fingerprint density at radius 3 is 2.75 bits per heavy atom. The zero-order valence-electron chi connectivity index (χ0n) is 9.03. The topological polar surface area (TPSA) is 72.3 Å². The van der Waals surface area contributed by atoms with Gasteiger partial charge in [-0.15, -0.1) is 0 Å². The van der Waals surface area contributed by atoms with Gasteiger partial charge in [0.05, 0.1) is 0 Å². The predicted octanol–water partition coefficient (Wildman–Crippen LogP) is 1.06. The highest BCUT2D eigenvalue weighted by atomic mass is 19.1. The lowest BCUT2D eigenvalue weighted by Crippen LogP contribution is -2.36. The summed E-state index contributed by atoms with van der Waals surface area (Å²) in [7, 11) is 0. The number of nitrogens with zero attached hydrogens (tertiary/aromatic N) is 1. The van der Waals surface area contributed by atoms with E-state index in [0.29, 0.717) is 26.1 Å². The van der Waals surface area contributed by atoms with Crippen molar-refractivity contribution in [3.8, 4) is 0 Å². The Morgan fingerprint density at radius 1 is 1.44 bits per heavy atom. The van der Waals surface area contributed by atoms with Gasteiger partial charge in [-0.1, -0.05) is 12.1 Å². The van der Waals surface area contributed by atoms with Gasteiger partial charge in [-0.2, -0.15) is 0 Å². The molecule has 1 aromatic rings. The Labute approximate surface area is 94.0 Å². The molecule has 0 unspecified atom stereocenters. The number of primary amides is 1. The van der Waals surface area contributed by atoms with E-state index in [1.807, 2.05) is 0 Å². The highest BCUT2D eigenvalue weighted by Gasteiger charge is 2.09. The van der Waals surface area contributed by atoms with E-state index in [-0.39, 0.29) is 5.82 Å². The van der Waals surface area contributed by atoms with Crippen LogP contribution in [0, 0.1) is 5.82 Å². The predicted molar refractivity (Wildman–Crippen MR) is 60.1 cm³/mol. The molecule has 1 rings (SSSR count). The second-order valence-corrected chi connectivity index (χ2v) is 3.53. The number of amides is 2. The molecule has 4 N–H and O–H groups in total. The number of hydrogen-bond donors (Lipinski definition) is 2. The van der Waals surface area contributed by atoms with Crippen LogP contribution in [0.3, 0.4) is 0 Å². The summed E-state index contributed by atoms with van der Waals surface area (Å²) in [5.41, 5.74) is 11.3. The molecule has 0 saturated heterocycles. The standard InChI is InChI=1S/C11H16FN3O/c12-10-4-1-3-9(7-10)8-15(11(14)16)6-2-5-13/h1,3-4,7H,2,5-6,8,13H2,(H2,14,16). The van der Waals surface area contributed by atoms with Gasteiger partial charge in [0.1, 0.15) is 5.82 Å². The van der Waals surface area contributed by atoms with Crippen molar-refractivity contribution in [2.24, 2.45) is 11.5 Å². The van der Waals surface area contributed by atoms with Crippen LogP contribution < -0.4 is 11.5 Å². The molecule has 0 aliphatic rings. The normalized spacial score (nSPS) is 10.1. The smallest absolute Gasteiger partial charge is 0.315 e. The van der Waals surface area contributed by atoms with E-state index in [1.165, 1.54) is 17.0 Å². The lowest BCUT2D eigenvalue weighted by Gasteiger charge is -2.20. The number of benzene rings is 1. The van der Waals surface area contributed by atoms with E-state index >= 15 is 0 Å². The maximum atomic E-state index is 12.9. The minimum atomic E-state index is -0.516. The van der Waals surface area contributed by atoms with Gasteiger partial charge < -0.3 is 16.4 Å². The summed E-state index contributed by atoms with van der Waals surface area (Å²) < 4.78 is 12.9. The fourth-order valence-corrected chi connectivity index (χ4v) is 1.41. The van der Waals surface area contributed by atoms with Crippen LogP contribution >= 0.6 is 0 Å². The molecule has 0 radical (unpaired) electrons. The second kappa shape index (κ2) is 6.07. The molecule has 1 aromatic carbocycles. The summed E-state index contributed by atoms with van der Waals surface area (Å²) in [5, 5.41) is 0. The van der Waals surface area contributed by atoms with Gasteiger partial charge in [0.25, 0.3) is 0 Å². The van der Waals surface area contributed by atoms with Gasteiger partial charge in [0.15, 0.2) is 0 Å². The summed E-state index contributed by atoms with van der Waals surface area (Å²) in [6.45, 7) is 1.29. The third-order valence-electron chi connectivity index (χ3n) is 2.21. The minimum absolute atomic E-state index is 0.313. The Balaban J connectivity index is 2.64. The van der Waals surface area contributed by atoms with Crippen molar-refractivity contribution >= 4 is 6.03 Å². The van der Waals surface area contributed by atoms with E-state index in [1.54, 1.807) is 12.1 Å². The summed E-state index contributed by atoms with van der Waals surface area (Å²) in [4.78, 5) is 12.6. The highest BCUT2D eigenvalue weighted by molar-refractivity contribution is 5.71. The number of nitrogens with two attached hydrogens (primary N) is 2. The van der Waals surface area contributed by atoms with Crippen molar-refractivity contribution in [1.29, 1.82) is 0 Å². The average Bonchev–Trinajstić information content (AvgIpc) is 2.24. The molecule has 0 aromatic heterocycles. The zero-order chi connectivity index (χ0) is 12.0. The molecule has 88 valence electrons. The van der Waals surface area contributed by atoms with Crippen molar-refractivity contribution in [3.63, 3.8) is 0 Å². The minimum Gasteiger partial charge on any atom is -0.351 e. The Hall–Kier alpha value is -1.62. The molecule has 16 heavy (non-hydrogen) atoms. The van der Waals surface area contributed by atoms with Gasteiger partial charge in [0.2, 0.25) is 0 Å². The van der Waals surface area contributed by atoms with Crippen molar-refractivity contribution in [3.05, 3.63) is 35.6 Å². The molecule has 0 spiro atoms. The van der Waals surface area contributed by atoms with Crippen LogP contribution in [0.15, 0.2) is 24.3 Å². The molecule has 0 aliphatic heterocycles. The number of carbonyl (C=O) groups is 1. The number of urea groups is 1. The molecule has 0 heterocycles. The lowest BCUT2D eigenvalue weighted by molar-refractivity contribution is 0.204. The van der Waals surface area contributed by atoms with E-state index < -0.39 is 6.03 Å². The first kappa shape index (κ1) is 12.4. The molecule has 0 bridgehead atoms. The monoisotopic (exact) mass is 225 g/mol. The van der Waals surface area contributed by atoms with E-state index in [2.05, 4.69) is 0 Å². The first-order chi connectivity index (χ1) is 7.63. The molecule has 2 amide bonds. The molecular formula is C11H16FN3O. The van der Waals surface area contributed by atoms with Gasteiger partial charge in [-0.25, -0.2) is 9.18 Å². The fourth-order valence-electron chi connectivity index (χ4n) is 1.41. The van der Waals surface area contributed by atoms with Crippen molar-refractivity contribution in [2.75, 3.05) is 13.1 Å². The molecule has 0 fully saturated rings. The van der Waals surface area contributed by atoms with E-state index in [0.717, 1.165) is 5.56 Å². The lowest BCUT2D eigenvalue weighted by atomic mass is 10.2. The maximum absolute atomic E-state index is 12.9. The average molecular weight is 225 g/mol. The molecule has 0 aliphatic carbocycles. The molecule has 0 saturated carbocycles. The van der Waals surface area contributed by atoms with Crippen LogP contribution in [-0.2, 0) is 6.54 Å². The fraction of sp³-hybridized carbons (Fsp3) is 0.364. The number of halogens is 1. The Bertz CT molecular complexity index is 357. The first-order valence-electron chi connectivity index (χ1n) is 5.12. The summed E-state index contributed by atoms with van der Waals surface area (Å²) >= 11 is 0. The molecular weight excluding hydrogens is 209 g/mol. The highest BCUT2D eigenvalue weighted by Crippen LogP contribution is 2.07. The Kier molecular flexibility index (Phi) is 4.72. The van der Waals surface area contributed by atoms with Crippen LogP contribution in [0.1, 0.15) is 12.0 Å². The first-order valence-corrected chi connectivity index (χ1v) is 5.12. The second-order valence-electron chi connectivity index (χ2n) is 3.53. The zero-order valence-corrected chi connectivity index (χ0v) is 9.03. The largest absolute Gasteiger partial charge is 0.351 e. The van der Waals surface area contributed by atoms with Gasteiger partial charge >= 0.3 is 6.03 Å². The number of carbonyl (C=O) groups excluding carboxylic acids is 1. The van der Waals surface area contributed by atoms with Gasteiger partial charge in [-0.3, -0.25) is 0 Å². The Morgan fingerprint density at radius 2 is 2.19 bits per heavy atom. The molecule has 5 heteroatoms. The number of hydrogen-bond acceptors (Lipinski definition) is 2. The van der Waals surface area contributed by atoms with Crippen LogP contribution in [0.5, 0.6) is 0 Å². The summed E-state index contributed by atoms with van der Waals surface area (Å²) in [6, 6.07) is 5.59. The quantitative estimate of drug-likeness (QED) is 0.786. The summed E-state index contributed by atoms with van der Waals surface area (Å²) in [6.07, 6.45) is 0.679. The molecule has 4 nitrogen and oxygen atoms in total. The SMILES string of the molecule is NCCCN(Cc1cccc(F)c1)C(N)=O. The van der Waals surface area contributed by atoms with Gasteiger partial charge in [0, 0.05) is 13.1 Å². The van der Waals surface area contributed by atoms with E-state index in [9.17, 15) is 9.18 Å². The van der Waals surface area contributed by atoms with Crippen molar-refractivity contribution in [1.82, 2.24) is 4.90 Å². The van der Waals surface area contributed by atoms with Gasteiger partial charge in [-0.05, 0) is 30.7 Å². The summed E-state index contributed by atoms with van der Waals surface area (Å²) in [5.74, 6) is -0.319. The van der Waals surface area contributed by atoms with Crippen LogP contribution in [0.4, 0.5) is 9.18 Å². The third-order valence-corrected chi connectivity index (χ3v) is 2.21. The third kappa shape index (κ3) is 3.86. The maximum Gasteiger partial charge on any atom is 0.315 e.